The zero-order valence-electron chi connectivity index (χ0n) is 9.10. The van der Waals surface area contributed by atoms with Gasteiger partial charge in [0.25, 0.3) is 0 Å². The minimum Gasteiger partial charge on any atom is -0.473 e. The molecule has 0 aromatic carbocycles. The van der Waals surface area contributed by atoms with E-state index in [1.54, 1.807) is 18.3 Å². The maximum atomic E-state index is 9.04. The van der Waals surface area contributed by atoms with Crippen LogP contribution in [0.2, 0.25) is 5.02 Å². The van der Waals surface area contributed by atoms with Crippen molar-refractivity contribution in [3.8, 4) is 5.88 Å². The molecule has 0 unspecified atom stereocenters. The molecule has 3 nitrogen and oxygen atoms in total. The van der Waals surface area contributed by atoms with Crippen LogP contribution >= 0.6 is 11.6 Å². The van der Waals surface area contributed by atoms with Crippen LogP contribution in [0.4, 0.5) is 0 Å². The van der Waals surface area contributed by atoms with E-state index in [4.69, 9.17) is 21.4 Å². The zero-order valence-corrected chi connectivity index (χ0v) is 9.86. The number of hydrogen-bond donors (Lipinski definition) is 1. The number of aliphatic hydroxyl groups excluding tert-OH is 1. The Kier molecular flexibility index (Phi) is 4.02. The first-order valence-electron chi connectivity index (χ1n) is 5.67. The molecule has 16 heavy (non-hydrogen) atoms. The number of rotatable bonds is 3. The van der Waals surface area contributed by atoms with Crippen LogP contribution in [-0.2, 0) is 0 Å². The highest BCUT2D eigenvalue weighted by Gasteiger charge is 2.22. The lowest BCUT2D eigenvalue weighted by Gasteiger charge is -2.27. The fourth-order valence-electron chi connectivity index (χ4n) is 2.05. The summed E-state index contributed by atoms with van der Waals surface area (Å²) in [5.41, 5.74) is 0. The van der Waals surface area contributed by atoms with Gasteiger partial charge in [-0.15, -0.1) is 0 Å². The number of hydrogen-bond acceptors (Lipinski definition) is 3. The van der Waals surface area contributed by atoms with Crippen LogP contribution in [0.3, 0.4) is 0 Å². The van der Waals surface area contributed by atoms with Crippen molar-refractivity contribution in [2.45, 2.75) is 31.8 Å². The molecule has 0 amide bonds. The largest absolute Gasteiger partial charge is 0.473 e. The second kappa shape index (κ2) is 5.51. The molecule has 4 heteroatoms. The minimum atomic E-state index is 0.190. The van der Waals surface area contributed by atoms with Crippen molar-refractivity contribution in [1.82, 2.24) is 4.98 Å². The Morgan fingerprint density at radius 3 is 2.75 bits per heavy atom. The first kappa shape index (κ1) is 11.7. The van der Waals surface area contributed by atoms with Crippen molar-refractivity contribution in [2.24, 2.45) is 5.92 Å². The van der Waals surface area contributed by atoms with Crippen LogP contribution < -0.4 is 4.74 Å². The molecular formula is C12H16ClNO2. The van der Waals surface area contributed by atoms with Gasteiger partial charge in [-0.1, -0.05) is 11.6 Å². The quantitative estimate of drug-likeness (QED) is 0.885. The van der Waals surface area contributed by atoms with Gasteiger partial charge in [0.15, 0.2) is 0 Å². The maximum absolute atomic E-state index is 9.04. The molecule has 0 spiro atoms. The van der Waals surface area contributed by atoms with Crippen molar-refractivity contribution in [3.05, 3.63) is 23.4 Å². The smallest absolute Gasteiger partial charge is 0.232 e. The Balaban J connectivity index is 1.89. The van der Waals surface area contributed by atoms with Crippen LogP contribution in [0.25, 0.3) is 0 Å². The van der Waals surface area contributed by atoms with E-state index in [9.17, 15) is 0 Å². The van der Waals surface area contributed by atoms with Crippen LogP contribution in [0, 0.1) is 5.92 Å². The Bertz CT molecular complexity index is 338. The minimum absolute atomic E-state index is 0.190. The molecule has 1 aromatic heterocycles. The van der Waals surface area contributed by atoms with Crippen molar-refractivity contribution < 1.29 is 9.84 Å². The van der Waals surface area contributed by atoms with Crippen LogP contribution in [0.5, 0.6) is 5.88 Å². The molecule has 0 radical (unpaired) electrons. The lowest BCUT2D eigenvalue weighted by Crippen LogP contribution is -2.25. The van der Waals surface area contributed by atoms with E-state index < -0.39 is 0 Å². The fourth-order valence-corrected chi connectivity index (χ4v) is 2.21. The van der Waals surface area contributed by atoms with Crippen LogP contribution in [0.1, 0.15) is 25.7 Å². The molecule has 2 rings (SSSR count). The summed E-state index contributed by atoms with van der Waals surface area (Å²) in [6.07, 6.45) is 5.85. The van der Waals surface area contributed by atoms with Crippen LogP contribution in [0.15, 0.2) is 18.3 Å². The Labute approximate surface area is 100 Å². The van der Waals surface area contributed by atoms with Gasteiger partial charge in [-0.2, -0.15) is 0 Å². The van der Waals surface area contributed by atoms with Gasteiger partial charge in [0.05, 0.1) is 0 Å². The molecule has 1 aliphatic rings. The molecular weight excluding hydrogens is 226 g/mol. The second-order valence-electron chi connectivity index (χ2n) is 4.23. The number of ether oxygens (including phenoxy) is 1. The van der Waals surface area contributed by atoms with Gasteiger partial charge >= 0.3 is 0 Å². The van der Waals surface area contributed by atoms with E-state index in [0.717, 1.165) is 25.7 Å². The van der Waals surface area contributed by atoms with Crippen molar-refractivity contribution in [1.29, 1.82) is 0 Å². The highest BCUT2D eigenvalue weighted by Crippen LogP contribution is 2.29. The summed E-state index contributed by atoms with van der Waals surface area (Å²) in [5, 5.41) is 9.60. The second-order valence-corrected chi connectivity index (χ2v) is 4.64. The molecule has 1 aliphatic carbocycles. The SMILES string of the molecule is OCC1CCC(Oc2ncccc2Cl)CC1. The van der Waals surface area contributed by atoms with Crippen molar-refractivity contribution in [2.75, 3.05) is 6.61 Å². The standard InChI is InChI=1S/C12H16ClNO2/c13-11-2-1-7-14-12(11)16-10-5-3-9(8-15)4-6-10/h1-2,7,9-10,15H,3-6,8H2. The molecule has 1 heterocycles. The van der Waals surface area contributed by atoms with E-state index in [1.807, 2.05) is 0 Å². The van der Waals surface area contributed by atoms with E-state index in [0.29, 0.717) is 16.8 Å². The normalized spacial score (nSPS) is 25.4. The van der Waals surface area contributed by atoms with Crippen LogP contribution in [-0.4, -0.2) is 22.8 Å². The summed E-state index contributed by atoms with van der Waals surface area (Å²) in [7, 11) is 0. The molecule has 88 valence electrons. The first-order chi connectivity index (χ1) is 7.79. The lowest BCUT2D eigenvalue weighted by atomic mass is 9.88. The Hall–Kier alpha value is -0.800. The summed E-state index contributed by atoms with van der Waals surface area (Å²) < 4.78 is 5.75. The number of halogens is 1. The number of nitrogens with zero attached hydrogens (tertiary/aromatic N) is 1. The van der Waals surface area contributed by atoms with Gasteiger partial charge < -0.3 is 9.84 Å². The predicted molar refractivity (Wildman–Crippen MR) is 62.7 cm³/mol. The average molecular weight is 242 g/mol. The summed E-state index contributed by atoms with van der Waals surface area (Å²) >= 11 is 5.97. The van der Waals surface area contributed by atoms with E-state index in [1.165, 1.54) is 0 Å². The topological polar surface area (TPSA) is 42.4 Å². The third kappa shape index (κ3) is 2.86. The third-order valence-corrected chi connectivity index (χ3v) is 3.34. The van der Waals surface area contributed by atoms with Crippen molar-refractivity contribution >= 4 is 11.6 Å². The van der Waals surface area contributed by atoms with Gasteiger partial charge in [0.2, 0.25) is 5.88 Å². The predicted octanol–water partition coefficient (Wildman–Crippen LogP) is 2.66. The molecule has 1 aromatic rings. The number of aliphatic hydroxyl groups is 1. The number of pyridine rings is 1. The summed E-state index contributed by atoms with van der Waals surface area (Å²) in [4.78, 5) is 4.11. The molecule has 0 atom stereocenters. The monoisotopic (exact) mass is 241 g/mol. The van der Waals surface area contributed by atoms with E-state index in [2.05, 4.69) is 4.98 Å². The molecule has 1 fully saturated rings. The summed E-state index contributed by atoms with van der Waals surface area (Å²) in [6, 6.07) is 3.57. The highest BCUT2D eigenvalue weighted by atomic mass is 35.5. The molecule has 0 bridgehead atoms. The summed E-state index contributed by atoms with van der Waals surface area (Å²) in [6.45, 7) is 0.289. The van der Waals surface area contributed by atoms with Gasteiger partial charge in [-0.25, -0.2) is 4.98 Å². The van der Waals surface area contributed by atoms with E-state index >= 15 is 0 Å². The third-order valence-electron chi connectivity index (χ3n) is 3.05. The maximum Gasteiger partial charge on any atom is 0.232 e. The Morgan fingerprint density at radius 2 is 2.12 bits per heavy atom. The Morgan fingerprint density at radius 1 is 1.38 bits per heavy atom. The average Bonchev–Trinajstić information content (AvgIpc) is 2.33. The highest BCUT2D eigenvalue weighted by molar-refractivity contribution is 6.31. The molecule has 1 saturated carbocycles. The molecule has 0 aliphatic heterocycles. The zero-order chi connectivity index (χ0) is 11.4. The first-order valence-corrected chi connectivity index (χ1v) is 6.05. The van der Waals surface area contributed by atoms with E-state index in [-0.39, 0.29) is 12.7 Å². The fraction of sp³-hybridized carbons (Fsp3) is 0.583. The lowest BCUT2D eigenvalue weighted by molar-refractivity contribution is 0.101. The van der Waals surface area contributed by atoms with Gasteiger partial charge in [-0.3, -0.25) is 0 Å². The molecule has 0 saturated heterocycles. The number of aromatic nitrogens is 1. The van der Waals surface area contributed by atoms with Gasteiger partial charge in [-0.05, 0) is 43.7 Å². The summed E-state index contributed by atoms with van der Waals surface area (Å²) in [5.74, 6) is 0.968. The van der Waals surface area contributed by atoms with Gasteiger partial charge in [0, 0.05) is 12.8 Å². The molecule has 1 N–H and O–H groups in total. The van der Waals surface area contributed by atoms with Crippen molar-refractivity contribution in [3.63, 3.8) is 0 Å². The van der Waals surface area contributed by atoms with Gasteiger partial charge in [0.1, 0.15) is 11.1 Å².